The molecule has 0 radical (unpaired) electrons. The molecule has 0 amide bonds. The molecule has 40 heavy (non-hydrogen) atoms. The van der Waals surface area contributed by atoms with Gasteiger partial charge in [0.15, 0.2) is 0 Å². The molecule has 4 aliphatic heterocycles. The van der Waals surface area contributed by atoms with Crippen molar-refractivity contribution in [2.45, 2.75) is 88.1 Å². The summed E-state index contributed by atoms with van der Waals surface area (Å²) in [6.45, 7) is 4.01. The topological polar surface area (TPSA) is 74.5 Å². The molecule has 5 aliphatic rings. The maximum Gasteiger partial charge on any atom is 0.318 e. The van der Waals surface area contributed by atoms with Gasteiger partial charge in [0.1, 0.15) is 18.6 Å². The first kappa shape index (κ1) is 26.4. The number of alkyl halides is 1. The number of hydrogen-bond donors (Lipinski definition) is 0. The lowest BCUT2D eigenvalue weighted by molar-refractivity contribution is -0.0730. The molecule has 3 unspecified atom stereocenters. The van der Waals surface area contributed by atoms with Gasteiger partial charge >= 0.3 is 6.01 Å². The molecule has 0 saturated carbocycles. The zero-order chi connectivity index (χ0) is 27.3. The van der Waals surface area contributed by atoms with Crippen LogP contribution in [0.1, 0.15) is 73.8 Å². The average Bonchev–Trinajstić information content (AvgIpc) is 3.52. The summed E-state index contributed by atoms with van der Waals surface area (Å²) >= 11 is 6.57. The molecule has 9 heteroatoms. The minimum Gasteiger partial charge on any atom is -0.461 e. The molecule has 7 rings (SSSR count). The van der Waals surface area contributed by atoms with Crippen LogP contribution in [0.25, 0.3) is 0 Å². The van der Waals surface area contributed by atoms with Crippen LogP contribution in [0.4, 0.5) is 10.2 Å². The fourth-order valence-electron chi connectivity index (χ4n) is 8.04. The molecule has 2 aromatic rings. The molecular weight excluding hydrogens is 529 g/mol. The summed E-state index contributed by atoms with van der Waals surface area (Å²) in [7, 11) is 0. The zero-order valence-electron chi connectivity index (χ0n) is 23.0. The Morgan fingerprint density at radius 1 is 1.15 bits per heavy atom. The minimum atomic E-state index is -0.798. The summed E-state index contributed by atoms with van der Waals surface area (Å²) in [6.07, 6.45) is 7.81. The molecule has 1 aromatic carbocycles. The minimum absolute atomic E-state index is 0.253. The van der Waals surface area contributed by atoms with Crippen LogP contribution in [0.2, 0.25) is 5.02 Å². The molecule has 5 heterocycles. The molecule has 7 nitrogen and oxygen atoms in total. The van der Waals surface area contributed by atoms with Crippen molar-refractivity contribution < 1.29 is 13.9 Å². The highest BCUT2D eigenvalue weighted by molar-refractivity contribution is 6.31. The number of aromatic nitrogens is 2. The Balaban J connectivity index is 1.22. The molecule has 3 fully saturated rings. The lowest BCUT2D eigenvalue weighted by atomic mass is 9.87. The van der Waals surface area contributed by atoms with E-state index in [0.29, 0.717) is 50.9 Å². The van der Waals surface area contributed by atoms with Crippen molar-refractivity contribution in [3.05, 3.63) is 45.6 Å². The summed E-state index contributed by atoms with van der Waals surface area (Å²) in [5.74, 6) is 1.32. The van der Waals surface area contributed by atoms with Gasteiger partial charge in [-0.3, -0.25) is 4.90 Å². The first-order valence-electron chi connectivity index (χ1n) is 14.9. The van der Waals surface area contributed by atoms with E-state index in [0.717, 1.165) is 86.7 Å². The van der Waals surface area contributed by atoms with Crippen LogP contribution in [0.5, 0.6) is 6.01 Å². The standard InChI is InChI=1S/C31H37ClFN5O2/c32-26-6-1-5-25-23(26)7-11-31(25)17-27-24(19-40-31)28(37-13-2-4-21(8-12-34)9-15-37)36-29(35-27)39-20-30-10-3-14-38(30)18-22(33)16-30/h1,5-6,21-22H,2-4,7-11,13-20H2/t21?,22?,30-,31?/m0/s1. The van der Waals surface area contributed by atoms with Crippen molar-refractivity contribution in [1.82, 2.24) is 14.9 Å². The Hall–Kier alpha value is -2.47. The quantitative estimate of drug-likeness (QED) is 0.472. The third kappa shape index (κ3) is 4.55. The SMILES string of the molecule is N#CCC1CCCN(c2nc(OC[C@@]34CCCN3CC(F)C4)nc3c2COC2(CCc4c(Cl)cccc42)C3)CC1. The first-order valence-corrected chi connectivity index (χ1v) is 15.3. The van der Waals surface area contributed by atoms with Crippen molar-refractivity contribution in [3.63, 3.8) is 0 Å². The van der Waals surface area contributed by atoms with Gasteiger partial charge in [0.05, 0.1) is 29.5 Å². The van der Waals surface area contributed by atoms with Crippen LogP contribution < -0.4 is 9.64 Å². The Morgan fingerprint density at radius 2 is 2.08 bits per heavy atom. The third-order valence-corrected chi connectivity index (χ3v) is 10.5. The zero-order valence-corrected chi connectivity index (χ0v) is 23.8. The molecule has 3 saturated heterocycles. The van der Waals surface area contributed by atoms with Crippen molar-refractivity contribution in [2.75, 3.05) is 37.7 Å². The van der Waals surface area contributed by atoms with Crippen molar-refractivity contribution in [1.29, 1.82) is 5.26 Å². The van der Waals surface area contributed by atoms with Crippen LogP contribution in [0, 0.1) is 17.2 Å². The van der Waals surface area contributed by atoms with Crippen LogP contribution in [0.15, 0.2) is 18.2 Å². The predicted molar refractivity (Wildman–Crippen MR) is 150 cm³/mol. The lowest BCUT2D eigenvalue weighted by Crippen LogP contribution is -2.43. The van der Waals surface area contributed by atoms with E-state index < -0.39 is 11.8 Å². The number of benzene rings is 1. The Morgan fingerprint density at radius 3 is 2.98 bits per heavy atom. The van der Waals surface area contributed by atoms with Gasteiger partial charge in [-0.05, 0) is 74.6 Å². The number of fused-ring (bicyclic) bond motifs is 4. The van der Waals surface area contributed by atoms with Gasteiger partial charge in [-0.15, -0.1) is 0 Å². The van der Waals surface area contributed by atoms with E-state index >= 15 is 0 Å². The highest BCUT2D eigenvalue weighted by Gasteiger charge is 2.50. The fraction of sp³-hybridized carbons (Fsp3) is 0.645. The van der Waals surface area contributed by atoms with Gasteiger partial charge in [0, 0.05) is 49.5 Å². The second-order valence-corrected chi connectivity index (χ2v) is 12.9. The number of nitrogens with zero attached hydrogens (tertiary/aromatic N) is 5. The molecule has 4 atom stereocenters. The van der Waals surface area contributed by atoms with Crippen LogP contribution in [0.3, 0.4) is 0 Å². The third-order valence-electron chi connectivity index (χ3n) is 10.1. The molecule has 1 aliphatic carbocycles. The number of rotatable bonds is 5. The van der Waals surface area contributed by atoms with E-state index in [1.54, 1.807) is 0 Å². The number of hydrogen-bond acceptors (Lipinski definition) is 7. The van der Waals surface area contributed by atoms with Gasteiger partial charge in [-0.1, -0.05) is 23.7 Å². The molecule has 0 N–H and O–H groups in total. The fourth-order valence-corrected chi connectivity index (χ4v) is 8.31. The largest absolute Gasteiger partial charge is 0.461 e. The molecule has 1 spiro atoms. The summed E-state index contributed by atoms with van der Waals surface area (Å²) in [5.41, 5.74) is 3.67. The maximum atomic E-state index is 14.4. The summed E-state index contributed by atoms with van der Waals surface area (Å²) < 4.78 is 27.5. The smallest absolute Gasteiger partial charge is 0.318 e. The van der Waals surface area contributed by atoms with Gasteiger partial charge < -0.3 is 14.4 Å². The summed E-state index contributed by atoms with van der Waals surface area (Å²) in [5, 5.41) is 10.1. The van der Waals surface area contributed by atoms with E-state index in [4.69, 9.17) is 31.0 Å². The van der Waals surface area contributed by atoms with Crippen LogP contribution >= 0.6 is 11.6 Å². The van der Waals surface area contributed by atoms with Gasteiger partial charge in [0.25, 0.3) is 0 Å². The molecule has 0 bridgehead atoms. The second-order valence-electron chi connectivity index (χ2n) is 12.5. The number of anilines is 1. The van der Waals surface area contributed by atoms with Crippen molar-refractivity contribution >= 4 is 17.4 Å². The Bertz CT molecular complexity index is 1340. The summed E-state index contributed by atoms with van der Waals surface area (Å²) in [4.78, 5) is 14.6. The molecule has 212 valence electrons. The number of ether oxygens (including phenoxy) is 2. The van der Waals surface area contributed by atoms with E-state index in [2.05, 4.69) is 21.9 Å². The second kappa shape index (κ2) is 10.4. The maximum absolute atomic E-state index is 14.4. The van der Waals surface area contributed by atoms with Crippen LogP contribution in [-0.2, 0) is 29.8 Å². The molecular formula is C31H37ClFN5O2. The lowest BCUT2D eigenvalue weighted by Gasteiger charge is -2.37. The monoisotopic (exact) mass is 565 g/mol. The number of nitriles is 1. The normalized spacial score (nSPS) is 31.5. The van der Waals surface area contributed by atoms with E-state index in [1.807, 2.05) is 12.1 Å². The number of halogens is 2. The van der Waals surface area contributed by atoms with Crippen molar-refractivity contribution in [2.24, 2.45) is 5.92 Å². The average molecular weight is 566 g/mol. The molecule has 1 aromatic heterocycles. The Labute approximate surface area is 240 Å². The van der Waals surface area contributed by atoms with Gasteiger partial charge in [0.2, 0.25) is 0 Å². The van der Waals surface area contributed by atoms with E-state index in [1.165, 1.54) is 11.1 Å². The summed E-state index contributed by atoms with van der Waals surface area (Å²) in [6, 6.07) is 8.85. The first-order chi connectivity index (χ1) is 19.5. The van der Waals surface area contributed by atoms with Crippen LogP contribution in [-0.4, -0.2) is 59.4 Å². The highest BCUT2D eigenvalue weighted by atomic mass is 35.5. The Kier molecular flexibility index (Phi) is 6.88. The van der Waals surface area contributed by atoms with E-state index in [9.17, 15) is 9.65 Å². The highest BCUT2D eigenvalue weighted by Crippen LogP contribution is 2.49. The van der Waals surface area contributed by atoms with Crippen molar-refractivity contribution in [3.8, 4) is 12.1 Å². The van der Waals surface area contributed by atoms with Gasteiger partial charge in [-0.2, -0.15) is 15.2 Å². The van der Waals surface area contributed by atoms with E-state index in [-0.39, 0.29) is 5.54 Å². The van der Waals surface area contributed by atoms with Gasteiger partial charge in [-0.25, -0.2) is 4.39 Å². The predicted octanol–water partition coefficient (Wildman–Crippen LogP) is 5.52.